The molecule has 0 aliphatic heterocycles. The second kappa shape index (κ2) is 7.04. The molecule has 0 unspecified atom stereocenters. The number of alkyl halides is 3. The van der Waals surface area contributed by atoms with Crippen molar-refractivity contribution in [2.24, 2.45) is 7.05 Å². The Morgan fingerprint density at radius 2 is 1.75 bits per heavy atom. The number of thiazole rings is 1. The molecule has 6 nitrogen and oxygen atoms in total. The number of halogens is 3. The third-order valence-corrected chi connectivity index (χ3v) is 4.70. The Morgan fingerprint density at radius 3 is 2.43 bits per heavy atom. The van der Waals surface area contributed by atoms with E-state index < -0.39 is 6.36 Å². The topological polar surface area (TPSA) is 65.7 Å². The Labute approximate surface area is 161 Å². The van der Waals surface area contributed by atoms with Crippen LogP contribution in [-0.4, -0.2) is 30.9 Å². The molecule has 28 heavy (non-hydrogen) atoms. The highest BCUT2D eigenvalue weighted by atomic mass is 32.1. The predicted octanol–water partition coefficient (Wildman–Crippen LogP) is 4.57. The van der Waals surface area contributed by atoms with Crippen LogP contribution in [0.4, 0.5) is 13.2 Å². The second-order valence-corrected chi connectivity index (χ2v) is 6.57. The molecular formula is C18H12F3N5OS. The highest BCUT2D eigenvalue weighted by molar-refractivity contribution is 7.13. The fourth-order valence-corrected chi connectivity index (χ4v) is 3.38. The molecular weight excluding hydrogens is 391 g/mol. The molecule has 0 radical (unpaired) electrons. The zero-order valence-electron chi connectivity index (χ0n) is 14.4. The number of benzene rings is 1. The van der Waals surface area contributed by atoms with Gasteiger partial charge in [0.1, 0.15) is 11.4 Å². The Bertz CT molecular complexity index is 1090. The molecule has 1 aromatic carbocycles. The normalized spacial score (nSPS) is 11.6. The summed E-state index contributed by atoms with van der Waals surface area (Å²) in [5.74, 6) is 0.892. The van der Waals surface area contributed by atoms with Crippen LogP contribution >= 0.6 is 11.3 Å². The molecule has 0 N–H and O–H groups in total. The van der Waals surface area contributed by atoms with Gasteiger partial charge >= 0.3 is 6.36 Å². The summed E-state index contributed by atoms with van der Waals surface area (Å²) < 4.78 is 42.6. The Balaban J connectivity index is 1.61. The summed E-state index contributed by atoms with van der Waals surface area (Å²) in [6.45, 7) is 0. The zero-order chi connectivity index (χ0) is 19.7. The number of imidazole rings is 1. The van der Waals surface area contributed by atoms with Crippen molar-refractivity contribution in [3.05, 3.63) is 54.3 Å². The van der Waals surface area contributed by atoms with Gasteiger partial charge in [0.2, 0.25) is 0 Å². The molecule has 0 fully saturated rings. The number of hydrogen-bond acceptors (Lipinski definition) is 6. The molecule has 0 saturated heterocycles. The van der Waals surface area contributed by atoms with Gasteiger partial charge in [-0.1, -0.05) is 0 Å². The Hall–Kier alpha value is -3.27. The predicted molar refractivity (Wildman–Crippen MR) is 97.5 cm³/mol. The SMILES string of the molecule is Cn1c(-c2ccc(OC(F)(F)F)cc2)cnc1-c1csc(-c2ncccn2)n1. The first kappa shape index (κ1) is 18.1. The van der Waals surface area contributed by atoms with E-state index >= 15 is 0 Å². The maximum atomic E-state index is 12.3. The molecule has 0 aliphatic rings. The molecule has 10 heteroatoms. The van der Waals surface area contributed by atoms with Gasteiger partial charge in [-0.25, -0.2) is 19.9 Å². The van der Waals surface area contributed by atoms with E-state index in [0.717, 1.165) is 5.69 Å². The van der Waals surface area contributed by atoms with E-state index in [1.807, 2.05) is 17.0 Å². The quantitative estimate of drug-likeness (QED) is 0.500. The second-order valence-electron chi connectivity index (χ2n) is 5.71. The summed E-state index contributed by atoms with van der Waals surface area (Å²) >= 11 is 1.41. The van der Waals surface area contributed by atoms with Gasteiger partial charge < -0.3 is 9.30 Å². The van der Waals surface area contributed by atoms with Crippen LogP contribution in [0, 0.1) is 0 Å². The van der Waals surface area contributed by atoms with Gasteiger partial charge in [-0.3, -0.25) is 0 Å². The molecule has 0 bridgehead atoms. The van der Waals surface area contributed by atoms with Gasteiger partial charge in [-0.15, -0.1) is 24.5 Å². The Morgan fingerprint density at radius 1 is 1.04 bits per heavy atom. The number of hydrogen-bond donors (Lipinski definition) is 0. The van der Waals surface area contributed by atoms with Crippen molar-refractivity contribution in [3.8, 4) is 39.4 Å². The number of aromatic nitrogens is 5. The molecule has 0 saturated carbocycles. The summed E-state index contributed by atoms with van der Waals surface area (Å²) in [4.78, 5) is 17.3. The fraction of sp³-hybridized carbons (Fsp3) is 0.111. The first-order chi connectivity index (χ1) is 13.4. The van der Waals surface area contributed by atoms with Gasteiger partial charge in [0.25, 0.3) is 0 Å². The lowest BCUT2D eigenvalue weighted by atomic mass is 10.1. The molecule has 3 heterocycles. The third-order valence-electron chi connectivity index (χ3n) is 3.86. The van der Waals surface area contributed by atoms with E-state index in [1.54, 1.807) is 36.8 Å². The van der Waals surface area contributed by atoms with E-state index in [-0.39, 0.29) is 5.75 Å². The van der Waals surface area contributed by atoms with Crippen molar-refractivity contribution in [2.75, 3.05) is 0 Å². The summed E-state index contributed by atoms with van der Waals surface area (Å²) in [6, 6.07) is 7.36. The van der Waals surface area contributed by atoms with Crippen LogP contribution < -0.4 is 4.74 Å². The average molecular weight is 403 g/mol. The highest BCUT2D eigenvalue weighted by Gasteiger charge is 2.31. The lowest BCUT2D eigenvalue weighted by Crippen LogP contribution is -2.16. The van der Waals surface area contributed by atoms with Crippen molar-refractivity contribution in [1.82, 2.24) is 24.5 Å². The van der Waals surface area contributed by atoms with Crippen LogP contribution in [0.2, 0.25) is 0 Å². The van der Waals surface area contributed by atoms with Crippen LogP contribution in [0.15, 0.2) is 54.3 Å². The average Bonchev–Trinajstić information content (AvgIpc) is 3.29. The molecule has 0 atom stereocenters. The minimum absolute atomic E-state index is 0.273. The van der Waals surface area contributed by atoms with Crippen molar-refractivity contribution < 1.29 is 17.9 Å². The maximum absolute atomic E-state index is 12.3. The molecule has 4 rings (SSSR count). The summed E-state index contributed by atoms with van der Waals surface area (Å²) in [5, 5.41) is 2.53. The van der Waals surface area contributed by atoms with Crippen LogP contribution in [0.5, 0.6) is 5.75 Å². The Kier molecular flexibility index (Phi) is 4.55. The summed E-state index contributed by atoms with van der Waals surface area (Å²) in [6.07, 6.45) is 0.224. The first-order valence-corrected chi connectivity index (χ1v) is 8.90. The molecule has 4 aromatic rings. The lowest BCUT2D eigenvalue weighted by Gasteiger charge is -2.09. The maximum Gasteiger partial charge on any atom is 0.573 e. The standard InChI is InChI=1S/C18H12F3N5OS/c1-26-14(11-3-5-12(6-4-11)27-18(19,20)21)9-24-16(26)13-10-28-17(25-13)15-22-7-2-8-23-15/h2-10H,1H3. The van der Waals surface area contributed by atoms with Gasteiger partial charge in [0.15, 0.2) is 16.7 Å². The smallest absolute Gasteiger partial charge is 0.406 e. The van der Waals surface area contributed by atoms with Crippen molar-refractivity contribution in [2.45, 2.75) is 6.36 Å². The largest absolute Gasteiger partial charge is 0.573 e. The molecule has 0 spiro atoms. The first-order valence-electron chi connectivity index (χ1n) is 8.02. The number of rotatable bonds is 4. The van der Waals surface area contributed by atoms with E-state index in [0.29, 0.717) is 27.9 Å². The van der Waals surface area contributed by atoms with Gasteiger partial charge in [-0.2, -0.15) is 0 Å². The van der Waals surface area contributed by atoms with Crippen LogP contribution in [-0.2, 0) is 7.05 Å². The van der Waals surface area contributed by atoms with E-state index in [1.165, 1.54) is 23.5 Å². The van der Waals surface area contributed by atoms with Gasteiger partial charge in [0, 0.05) is 30.4 Å². The van der Waals surface area contributed by atoms with E-state index in [4.69, 9.17) is 0 Å². The molecule has 0 amide bonds. The summed E-state index contributed by atoms with van der Waals surface area (Å²) in [7, 11) is 1.82. The monoisotopic (exact) mass is 403 g/mol. The van der Waals surface area contributed by atoms with Crippen molar-refractivity contribution >= 4 is 11.3 Å². The summed E-state index contributed by atoms with van der Waals surface area (Å²) in [5.41, 5.74) is 2.11. The van der Waals surface area contributed by atoms with Crippen molar-refractivity contribution in [3.63, 3.8) is 0 Å². The van der Waals surface area contributed by atoms with Crippen LogP contribution in [0.25, 0.3) is 33.6 Å². The molecule has 142 valence electrons. The fourth-order valence-electron chi connectivity index (χ4n) is 2.63. The third kappa shape index (κ3) is 3.72. The highest BCUT2D eigenvalue weighted by Crippen LogP contribution is 2.30. The lowest BCUT2D eigenvalue weighted by molar-refractivity contribution is -0.274. The molecule has 0 aliphatic carbocycles. The van der Waals surface area contributed by atoms with Gasteiger partial charge in [0.05, 0.1) is 11.9 Å². The van der Waals surface area contributed by atoms with E-state index in [2.05, 4.69) is 24.7 Å². The van der Waals surface area contributed by atoms with Crippen LogP contribution in [0.1, 0.15) is 0 Å². The van der Waals surface area contributed by atoms with Crippen molar-refractivity contribution in [1.29, 1.82) is 0 Å². The minimum atomic E-state index is -4.72. The van der Waals surface area contributed by atoms with Crippen LogP contribution in [0.3, 0.4) is 0 Å². The number of nitrogens with zero attached hydrogens (tertiary/aromatic N) is 5. The number of ether oxygens (including phenoxy) is 1. The molecule has 3 aromatic heterocycles. The van der Waals surface area contributed by atoms with E-state index in [9.17, 15) is 13.2 Å². The minimum Gasteiger partial charge on any atom is -0.406 e. The van der Waals surface area contributed by atoms with Gasteiger partial charge in [-0.05, 0) is 30.3 Å². The zero-order valence-corrected chi connectivity index (χ0v) is 15.2.